The Morgan fingerprint density at radius 2 is 1.94 bits per heavy atom. The van der Waals surface area contributed by atoms with E-state index in [1.54, 1.807) is 0 Å². The Morgan fingerprint density at radius 3 is 2.59 bits per heavy atom. The molecule has 0 spiro atoms. The highest BCUT2D eigenvalue weighted by molar-refractivity contribution is 7.96. The van der Waals surface area contributed by atoms with Crippen LogP contribution < -0.4 is 5.32 Å². The monoisotopic (exact) mass is 253 g/mol. The Labute approximate surface area is 106 Å². The molecule has 0 unspecified atom stereocenters. The maximum Gasteiger partial charge on any atom is 0.407 e. The van der Waals surface area contributed by atoms with Gasteiger partial charge >= 0.3 is 6.09 Å². The summed E-state index contributed by atoms with van der Waals surface area (Å²) in [6, 6.07) is 9.43. The standard InChI is InChI=1S/C12H15NO3S/c14-11(17)7-4-8-13-12(15)16-9-10-5-2-1-3-6-10/h1-3,5-6H,4,7-9H2,(H,13,15)(H,14,17). The lowest BCUT2D eigenvalue weighted by atomic mass is 10.2. The van der Waals surface area contributed by atoms with Crippen LogP contribution in [-0.2, 0) is 16.1 Å². The zero-order chi connectivity index (χ0) is 12.5. The molecule has 4 nitrogen and oxygen atoms in total. The molecule has 17 heavy (non-hydrogen) atoms. The normalized spacial score (nSPS) is 9.71. The third kappa shape index (κ3) is 6.63. The largest absolute Gasteiger partial charge is 0.445 e. The van der Waals surface area contributed by atoms with Crippen molar-refractivity contribution < 1.29 is 14.3 Å². The second-order valence-electron chi connectivity index (χ2n) is 3.49. The molecule has 0 saturated carbocycles. The molecule has 1 aromatic rings. The molecule has 0 aliphatic rings. The van der Waals surface area contributed by atoms with Gasteiger partial charge in [-0.2, -0.15) is 0 Å². The molecular weight excluding hydrogens is 238 g/mol. The molecule has 5 heteroatoms. The van der Waals surface area contributed by atoms with E-state index in [0.29, 0.717) is 19.4 Å². The highest BCUT2D eigenvalue weighted by atomic mass is 32.1. The van der Waals surface area contributed by atoms with Gasteiger partial charge in [-0.25, -0.2) is 4.79 Å². The summed E-state index contributed by atoms with van der Waals surface area (Å²) in [5, 5.41) is 2.38. The fraction of sp³-hybridized carbons (Fsp3) is 0.333. The maximum atomic E-state index is 11.2. The summed E-state index contributed by atoms with van der Waals surface area (Å²) in [4.78, 5) is 21.7. The third-order valence-electron chi connectivity index (χ3n) is 2.05. The molecule has 1 amide bonds. The first-order valence-corrected chi connectivity index (χ1v) is 5.79. The van der Waals surface area contributed by atoms with Gasteiger partial charge in [0.15, 0.2) is 5.12 Å². The van der Waals surface area contributed by atoms with Gasteiger partial charge in [0.25, 0.3) is 0 Å². The quantitative estimate of drug-likeness (QED) is 0.603. The van der Waals surface area contributed by atoms with Gasteiger partial charge in [-0.1, -0.05) is 30.3 Å². The molecule has 0 bridgehead atoms. The van der Waals surface area contributed by atoms with Crippen LogP contribution in [0.3, 0.4) is 0 Å². The molecule has 0 atom stereocenters. The van der Waals surface area contributed by atoms with Crippen molar-refractivity contribution in [2.24, 2.45) is 0 Å². The molecule has 1 N–H and O–H groups in total. The lowest BCUT2D eigenvalue weighted by Crippen LogP contribution is -2.25. The molecule has 0 radical (unpaired) electrons. The highest BCUT2D eigenvalue weighted by Crippen LogP contribution is 2.00. The number of carbonyl (C=O) groups is 2. The molecule has 92 valence electrons. The number of carbonyl (C=O) groups excluding carboxylic acids is 2. The van der Waals surface area contributed by atoms with E-state index in [4.69, 9.17) is 4.74 Å². The summed E-state index contributed by atoms with van der Waals surface area (Å²) in [7, 11) is 0. The SMILES string of the molecule is O=C(S)CCCNC(=O)OCc1ccccc1. The molecule has 0 saturated heterocycles. The number of hydrogen-bond acceptors (Lipinski definition) is 3. The molecule has 0 heterocycles. The van der Waals surface area contributed by atoms with Crippen molar-refractivity contribution in [2.75, 3.05) is 6.54 Å². The highest BCUT2D eigenvalue weighted by Gasteiger charge is 2.02. The Hall–Kier alpha value is -1.49. The Bertz CT molecular complexity index is 367. The summed E-state index contributed by atoms with van der Waals surface area (Å²) in [6.07, 6.45) is 0.450. The van der Waals surface area contributed by atoms with E-state index >= 15 is 0 Å². The van der Waals surface area contributed by atoms with Crippen LogP contribution in [0.25, 0.3) is 0 Å². The van der Waals surface area contributed by atoms with Gasteiger partial charge in [0.05, 0.1) is 0 Å². The fourth-order valence-electron chi connectivity index (χ4n) is 1.20. The summed E-state index contributed by atoms with van der Waals surface area (Å²) in [6.45, 7) is 0.665. The van der Waals surface area contributed by atoms with Crippen LogP contribution in [0, 0.1) is 0 Å². The summed E-state index contributed by atoms with van der Waals surface area (Å²) < 4.78 is 4.98. The minimum absolute atomic E-state index is 0.176. The van der Waals surface area contributed by atoms with Crippen molar-refractivity contribution in [1.29, 1.82) is 0 Å². The van der Waals surface area contributed by atoms with Crippen molar-refractivity contribution >= 4 is 23.8 Å². The Morgan fingerprint density at radius 1 is 1.24 bits per heavy atom. The van der Waals surface area contributed by atoms with Crippen molar-refractivity contribution in [3.63, 3.8) is 0 Å². The van der Waals surface area contributed by atoms with E-state index in [2.05, 4.69) is 17.9 Å². The van der Waals surface area contributed by atoms with Crippen molar-refractivity contribution in [1.82, 2.24) is 5.32 Å². The number of nitrogens with one attached hydrogen (secondary N) is 1. The first kappa shape index (κ1) is 13.6. The average Bonchev–Trinajstić information content (AvgIpc) is 2.33. The van der Waals surface area contributed by atoms with Crippen molar-refractivity contribution in [3.8, 4) is 0 Å². The van der Waals surface area contributed by atoms with E-state index in [1.165, 1.54) is 0 Å². The zero-order valence-electron chi connectivity index (χ0n) is 9.39. The van der Waals surface area contributed by atoms with Gasteiger partial charge in [0, 0.05) is 13.0 Å². The summed E-state index contributed by atoms with van der Waals surface area (Å²) >= 11 is 3.63. The lowest BCUT2D eigenvalue weighted by molar-refractivity contribution is -0.110. The van der Waals surface area contributed by atoms with E-state index in [0.717, 1.165) is 5.56 Å². The number of thiol groups is 1. The molecular formula is C12H15NO3S. The predicted octanol–water partition coefficient (Wildman–Crippen LogP) is 2.15. The van der Waals surface area contributed by atoms with E-state index < -0.39 is 6.09 Å². The second kappa shape index (κ2) is 7.73. The molecule has 0 fully saturated rings. The van der Waals surface area contributed by atoms with Gasteiger partial charge in [-0.3, -0.25) is 4.79 Å². The van der Waals surface area contributed by atoms with E-state index in [-0.39, 0.29) is 11.7 Å². The van der Waals surface area contributed by atoms with Crippen LogP contribution in [0.1, 0.15) is 18.4 Å². The fourth-order valence-corrected chi connectivity index (χ4v) is 1.36. The minimum atomic E-state index is -0.472. The Balaban J connectivity index is 2.11. The number of ether oxygens (including phenoxy) is 1. The summed E-state index contributed by atoms with van der Waals surface area (Å²) in [5.74, 6) is 0. The van der Waals surface area contributed by atoms with Crippen molar-refractivity contribution in [3.05, 3.63) is 35.9 Å². The second-order valence-corrected chi connectivity index (χ2v) is 3.98. The number of rotatable bonds is 6. The number of amides is 1. The zero-order valence-corrected chi connectivity index (χ0v) is 10.3. The smallest absolute Gasteiger partial charge is 0.407 e. The molecule has 1 rings (SSSR count). The minimum Gasteiger partial charge on any atom is -0.445 e. The van der Waals surface area contributed by atoms with Crippen LogP contribution in [0.2, 0.25) is 0 Å². The first-order chi connectivity index (χ1) is 8.18. The van der Waals surface area contributed by atoms with E-state index in [1.807, 2.05) is 30.3 Å². The average molecular weight is 253 g/mol. The number of hydrogen-bond donors (Lipinski definition) is 2. The molecule has 0 aliphatic heterocycles. The van der Waals surface area contributed by atoms with Gasteiger partial charge in [-0.05, 0) is 12.0 Å². The Kier molecular flexibility index (Phi) is 6.17. The molecule has 0 aliphatic carbocycles. The van der Waals surface area contributed by atoms with Crippen LogP contribution in [0.15, 0.2) is 30.3 Å². The topological polar surface area (TPSA) is 55.4 Å². The van der Waals surface area contributed by atoms with Crippen LogP contribution in [-0.4, -0.2) is 17.8 Å². The van der Waals surface area contributed by atoms with E-state index in [9.17, 15) is 9.59 Å². The molecule has 0 aromatic heterocycles. The number of benzene rings is 1. The number of alkyl carbamates (subject to hydrolysis) is 1. The van der Waals surface area contributed by atoms with Gasteiger partial charge in [0.1, 0.15) is 6.61 Å². The molecule has 1 aromatic carbocycles. The van der Waals surface area contributed by atoms with Gasteiger partial charge in [-0.15, -0.1) is 12.6 Å². The summed E-state index contributed by atoms with van der Waals surface area (Å²) in [5.41, 5.74) is 0.938. The van der Waals surface area contributed by atoms with Crippen LogP contribution in [0.4, 0.5) is 4.79 Å². The van der Waals surface area contributed by atoms with Crippen LogP contribution in [0.5, 0.6) is 0 Å². The maximum absolute atomic E-state index is 11.2. The van der Waals surface area contributed by atoms with Gasteiger partial charge < -0.3 is 10.1 Å². The first-order valence-electron chi connectivity index (χ1n) is 5.35. The predicted molar refractivity (Wildman–Crippen MR) is 67.9 cm³/mol. The van der Waals surface area contributed by atoms with Gasteiger partial charge in [0.2, 0.25) is 0 Å². The van der Waals surface area contributed by atoms with Crippen LogP contribution >= 0.6 is 12.6 Å². The third-order valence-corrected chi connectivity index (χ3v) is 2.27. The lowest BCUT2D eigenvalue weighted by Gasteiger charge is -2.06. The van der Waals surface area contributed by atoms with Crippen molar-refractivity contribution in [2.45, 2.75) is 19.4 Å².